The smallest absolute Gasteiger partial charge is 0.262 e. The number of amides is 1. The minimum atomic E-state index is -3.84. The first-order chi connectivity index (χ1) is 16.3. The Kier molecular flexibility index (Phi) is 7.19. The number of aryl methyl sites for hydroxylation is 2. The van der Waals surface area contributed by atoms with Crippen molar-refractivity contribution in [2.24, 2.45) is 0 Å². The van der Waals surface area contributed by atoms with Gasteiger partial charge in [-0.2, -0.15) is 0 Å². The number of nitrogens with one attached hydrogen (secondary N) is 2. The first-order valence-corrected chi connectivity index (χ1v) is 12.7. The predicted molar refractivity (Wildman–Crippen MR) is 134 cm³/mol. The molecule has 34 heavy (non-hydrogen) atoms. The molecule has 1 aliphatic rings. The lowest BCUT2D eigenvalue weighted by atomic mass is 10.1. The third kappa shape index (κ3) is 5.76. The Bertz CT molecular complexity index is 1250. The van der Waals surface area contributed by atoms with E-state index in [4.69, 9.17) is 4.74 Å². The predicted octanol–water partition coefficient (Wildman–Crippen LogP) is 3.87. The number of benzene rings is 3. The molecular formula is C26H29N3O4S. The molecule has 1 fully saturated rings. The van der Waals surface area contributed by atoms with E-state index < -0.39 is 10.0 Å². The topological polar surface area (TPSA) is 87.7 Å². The molecule has 1 amide bonds. The highest BCUT2D eigenvalue weighted by Crippen LogP contribution is 2.22. The molecule has 7 nitrogen and oxygen atoms in total. The van der Waals surface area contributed by atoms with Gasteiger partial charge < -0.3 is 15.0 Å². The maximum atomic E-state index is 13.0. The number of rotatable bonds is 7. The fourth-order valence-corrected chi connectivity index (χ4v) is 5.12. The summed E-state index contributed by atoms with van der Waals surface area (Å²) in [6, 6.07) is 19.9. The lowest BCUT2D eigenvalue weighted by Gasteiger charge is -2.28. The molecule has 8 heteroatoms. The van der Waals surface area contributed by atoms with Crippen molar-refractivity contribution in [3.8, 4) is 0 Å². The van der Waals surface area contributed by atoms with Crippen molar-refractivity contribution in [2.75, 3.05) is 35.9 Å². The molecule has 3 aromatic rings. The maximum Gasteiger partial charge on any atom is 0.262 e. The van der Waals surface area contributed by atoms with Crippen molar-refractivity contribution in [3.63, 3.8) is 0 Å². The monoisotopic (exact) mass is 479 g/mol. The first-order valence-electron chi connectivity index (χ1n) is 11.2. The Morgan fingerprint density at radius 1 is 0.941 bits per heavy atom. The van der Waals surface area contributed by atoms with Crippen LogP contribution in [0.3, 0.4) is 0 Å². The van der Waals surface area contributed by atoms with Crippen molar-refractivity contribution < 1.29 is 17.9 Å². The van der Waals surface area contributed by atoms with Gasteiger partial charge in [-0.15, -0.1) is 0 Å². The molecule has 0 aromatic heterocycles. The SMILES string of the molecule is Cc1ccc(NS(=O)(=O)c2cc(C(=O)NCc3ccc(N4CCOCC4)cc3)ccc2C)cc1. The van der Waals surface area contributed by atoms with E-state index in [1.165, 1.54) is 6.07 Å². The number of hydrogen-bond acceptors (Lipinski definition) is 5. The zero-order valence-corrected chi connectivity index (χ0v) is 20.2. The number of hydrogen-bond donors (Lipinski definition) is 2. The number of ether oxygens (including phenoxy) is 1. The molecule has 0 spiro atoms. The van der Waals surface area contributed by atoms with Gasteiger partial charge in [-0.05, 0) is 61.4 Å². The standard InChI is InChI=1S/C26H29N3O4S/c1-19-3-9-23(10-4-19)28-34(31,32)25-17-22(8-5-20(25)2)26(30)27-18-21-6-11-24(12-7-21)29-13-15-33-16-14-29/h3-12,17,28H,13-16,18H2,1-2H3,(H,27,30). The van der Waals surface area contributed by atoms with Gasteiger partial charge in [-0.25, -0.2) is 8.42 Å². The highest BCUT2D eigenvalue weighted by atomic mass is 32.2. The van der Waals surface area contributed by atoms with Crippen molar-refractivity contribution in [3.05, 3.63) is 89.0 Å². The van der Waals surface area contributed by atoms with Gasteiger partial charge in [0.1, 0.15) is 0 Å². The molecule has 0 radical (unpaired) electrons. The molecule has 178 valence electrons. The Balaban J connectivity index is 1.42. The lowest BCUT2D eigenvalue weighted by molar-refractivity contribution is 0.0950. The Hall–Kier alpha value is -3.36. The summed E-state index contributed by atoms with van der Waals surface area (Å²) in [6.07, 6.45) is 0. The number of anilines is 2. The number of carbonyl (C=O) groups excluding carboxylic acids is 1. The van der Waals surface area contributed by atoms with Crippen LogP contribution in [0.1, 0.15) is 27.0 Å². The zero-order valence-electron chi connectivity index (χ0n) is 19.4. The van der Waals surface area contributed by atoms with Crippen LogP contribution in [0, 0.1) is 13.8 Å². The second-order valence-corrected chi connectivity index (χ2v) is 10.1. The van der Waals surface area contributed by atoms with Gasteiger partial charge in [-0.3, -0.25) is 9.52 Å². The summed E-state index contributed by atoms with van der Waals surface area (Å²) in [6.45, 7) is 7.18. The number of carbonyl (C=O) groups is 1. The summed E-state index contributed by atoms with van der Waals surface area (Å²) in [5.74, 6) is -0.330. The van der Waals surface area contributed by atoms with Gasteiger partial charge in [0.25, 0.3) is 15.9 Å². The molecule has 0 aliphatic carbocycles. The van der Waals surface area contributed by atoms with Gasteiger partial charge in [0.15, 0.2) is 0 Å². The van der Waals surface area contributed by atoms with Crippen LogP contribution in [0.25, 0.3) is 0 Å². The normalized spacial score (nSPS) is 14.0. The number of nitrogens with zero attached hydrogens (tertiary/aromatic N) is 1. The molecule has 1 saturated heterocycles. The third-order valence-corrected chi connectivity index (χ3v) is 7.33. The molecule has 2 N–H and O–H groups in total. The van der Waals surface area contributed by atoms with Crippen molar-refractivity contribution in [1.82, 2.24) is 5.32 Å². The Labute approximate surface area is 200 Å². The van der Waals surface area contributed by atoms with Gasteiger partial charge >= 0.3 is 0 Å². The van der Waals surface area contributed by atoms with E-state index in [0.29, 0.717) is 23.4 Å². The quantitative estimate of drug-likeness (QED) is 0.537. The first kappa shape index (κ1) is 23.8. The number of sulfonamides is 1. The fraction of sp³-hybridized carbons (Fsp3) is 0.269. The van der Waals surface area contributed by atoms with E-state index in [9.17, 15) is 13.2 Å². The Morgan fingerprint density at radius 2 is 1.62 bits per heavy atom. The summed E-state index contributed by atoms with van der Waals surface area (Å²) in [4.78, 5) is 15.1. The van der Waals surface area contributed by atoms with Crippen LogP contribution in [0.5, 0.6) is 0 Å². The summed E-state index contributed by atoms with van der Waals surface area (Å²) >= 11 is 0. The molecule has 1 aliphatic heterocycles. The van der Waals surface area contributed by atoms with E-state index in [1.807, 2.05) is 43.3 Å². The third-order valence-electron chi connectivity index (χ3n) is 5.81. The van der Waals surface area contributed by atoms with E-state index >= 15 is 0 Å². The van der Waals surface area contributed by atoms with E-state index in [0.717, 1.165) is 43.1 Å². The summed E-state index contributed by atoms with van der Waals surface area (Å²) in [5.41, 5.74) is 4.46. The summed E-state index contributed by atoms with van der Waals surface area (Å²) in [7, 11) is -3.84. The highest BCUT2D eigenvalue weighted by Gasteiger charge is 2.19. The average Bonchev–Trinajstić information content (AvgIpc) is 2.85. The van der Waals surface area contributed by atoms with Crippen LogP contribution in [0.2, 0.25) is 0 Å². The second kappa shape index (κ2) is 10.3. The van der Waals surface area contributed by atoms with Crippen LogP contribution >= 0.6 is 0 Å². The van der Waals surface area contributed by atoms with Gasteiger partial charge in [0, 0.05) is 36.6 Å². The van der Waals surface area contributed by atoms with Crippen LogP contribution < -0.4 is 14.9 Å². The zero-order chi connectivity index (χ0) is 24.1. The molecule has 4 rings (SSSR count). The van der Waals surface area contributed by atoms with Gasteiger partial charge in [0.2, 0.25) is 0 Å². The molecule has 1 heterocycles. The molecule has 0 unspecified atom stereocenters. The lowest BCUT2D eigenvalue weighted by Crippen LogP contribution is -2.36. The summed E-state index contributed by atoms with van der Waals surface area (Å²) < 4.78 is 33.9. The van der Waals surface area contributed by atoms with Gasteiger partial charge in [0.05, 0.1) is 18.1 Å². The average molecular weight is 480 g/mol. The van der Waals surface area contributed by atoms with E-state index in [-0.39, 0.29) is 10.8 Å². The fourth-order valence-electron chi connectivity index (χ4n) is 3.79. The Morgan fingerprint density at radius 3 is 2.29 bits per heavy atom. The van der Waals surface area contributed by atoms with Crippen molar-refractivity contribution in [1.29, 1.82) is 0 Å². The van der Waals surface area contributed by atoms with Crippen LogP contribution in [0.4, 0.5) is 11.4 Å². The molecule has 0 bridgehead atoms. The molecule has 3 aromatic carbocycles. The molecule has 0 saturated carbocycles. The van der Waals surface area contributed by atoms with E-state index in [1.54, 1.807) is 31.2 Å². The van der Waals surface area contributed by atoms with E-state index in [2.05, 4.69) is 14.9 Å². The van der Waals surface area contributed by atoms with Crippen LogP contribution in [-0.2, 0) is 21.3 Å². The maximum absolute atomic E-state index is 13.0. The minimum Gasteiger partial charge on any atom is -0.378 e. The molecular weight excluding hydrogens is 450 g/mol. The largest absolute Gasteiger partial charge is 0.378 e. The van der Waals surface area contributed by atoms with Crippen molar-refractivity contribution >= 4 is 27.3 Å². The van der Waals surface area contributed by atoms with Crippen LogP contribution in [0.15, 0.2) is 71.6 Å². The highest BCUT2D eigenvalue weighted by molar-refractivity contribution is 7.92. The minimum absolute atomic E-state index is 0.0792. The molecule has 0 atom stereocenters. The summed E-state index contributed by atoms with van der Waals surface area (Å²) in [5, 5.41) is 2.88. The van der Waals surface area contributed by atoms with Gasteiger partial charge in [-0.1, -0.05) is 35.9 Å². The van der Waals surface area contributed by atoms with Crippen molar-refractivity contribution in [2.45, 2.75) is 25.3 Å². The van der Waals surface area contributed by atoms with Crippen LogP contribution in [-0.4, -0.2) is 40.6 Å². The number of morpholine rings is 1. The second-order valence-electron chi connectivity index (χ2n) is 8.40.